The number of hydrogen-bond donors (Lipinski definition) is 1. The predicted molar refractivity (Wildman–Crippen MR) is 92.3 cm³/mol. The van der Waals surface area contributed by atoms with Gasteiger partial charge in [0.2, 0.25) is 11.8 Å². The van der Waals surface area contributed by atoms with Crippen LogP contribution < -0.4 is 10.1 Å². The largest absolute Gasteiger partial charge is 0.481 e. The van der Waals surface area contributed by atoms with Gasteiger partial charge in [-0.2, -0.15) is 0 Å². The molecule has 2 amide bonds. The van der Waals surface area contributed by atoms with Crippen molar-refractivity contribution in [3.05, 3.63) is 53.2 Å². The van der Waals surface area contributed by atoms with E-state index in [1.54, 1.807) is 19.2 Å². The molecular weight excluding hydrogens is 306 g/mol. The van der Waals surface area contributed by atoms with Crippen molar-refractivity contribution < 1.29 is 14.3 Å². The van der Waals surface area contributed by atoms with Gasteiger partial charge in [0.05, 0.1) is 19.2 Å². The summed E-state index contributed by atoms with van der Waals surface area (Å²) in [6.07, 6.45) is 1.43. The molecule has 0 fully saturated rings. The van der Waals surface area contributed by atoms with Crippen LogP contribution in [0.1, 0.15) is 21.5 Å². The Morgan fingerprint density at radius 1 is 1.17 bits per heavy atom. The minimum absolute atomic E-state index is 0.0430. The fourth-order valence-corrected chi connectivity index (χ4v) is 2.33. The van der Waals surface area contributed by atoms with Crippen LogP contribution in [0, 0.1) is 13.8 Å². The maximum absolute atomic E-state index is 12.3. The van der Waals surface area contributed by atoms with Crippen molar-refractivity contribution in [2.24, 2.45) is 0 Å². The van der Waals surface area contributed by atoms with Crippen molar-refractivity contribution in [3.8, 4) is 5.88 Å². The third-order valence-electron chi connectivity index (χ3n) is 3.67. The Morgan fingerprint density at radius 3 is 2.38 bits per heavy atom. The van der Waals surface area contributed by atoms with Crippen LogP contribution in [0.4, 0.5) is 5.69 Å². The molecule has 0 aliphatic rings. The molecule has 0 aliphatic heterocycles. The number of aromatic nitrogens is 1. The van der Waals surface area contributed by atoms with E-state index in [9.17, 15) is 9.59 Å². The summed E-state index contributed by atoms with van der Waals surface area (Å²) >= 11 is 0. The summed E-state index contributed by atoms with van der Waals surface area (Å²) in [7, 11) is 3.09. The molecule has 1 aromatic carbocycles. The number of carbonyl (C=O) groups excluding carboxylic acids is 2. The summed E-state index contributed by atoms with van der Waals surface area (Å²) in [5.74, 6) is -0.0893. The number of rotatable bonds is 5. The van der Waals surface area contributed by atoms with Gasteiger partial charge in [-0.25, -0.2) is 4.98 Å². The Kier molecular flexibility index (Phi) is 5.52. The molecule has 1 aromatic heterocycles. The molecule has 0 radical (unpaired) electrons. The number of ether oxygens (including phenoxy) is 1. The van der Waals surface area contributed by atoms with Gasteiger partial charge in [-0.3, -0.25) is 9.59 Å². The highest BCUT2D eigenvalue weighted by Crippen LogP contribution is 2.19. The SMILES string of the molecule is COc1ccc(C(=O)N(C)CC(=O)Nc2c(C)cccc2C)cn1. The van der Waals surface area contributed by atoms with Crippen molar-refractivity contribution in [2.75, 3.05) is 26.0 Å². The molecule has 2 rings (SSSR count). The van der Waals surface area contributed by atoms with Gasteiger partial charge < -0.3 is 15.0 Å². The zero-order valence-electron chi connectivity index (χ0n) is 14.3. The zero-order valence-corrected chi connectivity index (χ0v) is 14.3. The Balaban J connectivity index is 2.01. The molecule has 0 aliphatic carbocycles. The smallest absolute Gasteiger partial charge is 0.255 e. The van der Waals surface area contributed by atoms with Gasteiger partial charge in [0.1, 0.15) is 0 Å². The highest BCUT2D eigenvalue weighted by molar-refractivity contribution is 5.99. The van der Waals surface area contributed by atoms with E-state index in [4.69, 9.17) is 4.74 Å². The van der Waals surface area contributed by atoms with E-state index in [2.05, 4.69) is 10.3 Å². The van der Waals surface area contributed by atoms with E-state index in [0.29, 0.717) is 11.4 Å². The second-order valence-corrected chi connectivity index (χ2v) is 5.57. The first-order chi connectivity index (χ1) is 11.4. The van der Waals surface area contributed by atoms with E-state index in [1.807, 2.05) is 32.0 Å². The van der Waals surface area contributed by atoms with Crippen LogP contribution in [0.15, 0.2) is 36.5 Å². The quantitative estimate of drug-likeness (QED) is 0.915. The number of para-hydroxylation sites is 1. The van der Waals surface area contributed by atoms with E-state index < -0.39 is 0 Å². The lowest BCUT2D eigenvalue weighted by Crippen LogP contribution is -2.35. The van der Waals surface area contributed by atoms with Crippen molar-refractivity contribution in [3.63, 3.8) is 0 Å². The first kappa shape index (κ1) is 17.5. The Labute approximate surface area is 141 Å². The molecule has 126 valence electrons. The maximum Gasteiger partial charge on any atom is 0.255 e. The lowest BCUT2D eigenvalue weighted by molar-refractivity contribution is -0.116. The number of benzene rings is 1. The topological polar surface area (TPSA) is 71.5 Å². The van der Waals surface area contributed by atoms with Crippen molar-refractivity contribution >= 4 is 17.5 Å². The molecule has 0 unspecified atom stereocenters. The lowest BCUT2D eigenvalue weighted by Gasteiger charge is -2.18. The Hall–Kier alpha value is -2.89. The van der Waals surface area contributed by atoms with Gasteiger partial charge in [0.25, 0.3) is 5.91 Å². The summed E-state index contributed by atoms with van der Waals surface area (Å²) in [5.41, 5.74) is 3.15. The van der Waals surface area contributed by atoms with Crippen LogP contribution in [-0.2, 0) is 4.79 Å². The molecule has 0 spiro atoms. The van der Waals surface area contributed by atoms with Gasteiger partial charge in [-0.1, -0.05) is 18.2 Å². The molecule has 1 heterocycles. The molecule has 0 bridgehead atoms. The van der Waals surface area contributed by atoms with E-state index in [1.165, 1.54) is 18.2 Å². The molecule has 24 heavy (non-hydrogen) atoms. The number of hydrogen-bond acceptors (Lipinski definition) is 4. The minimum Gasteiger partial charge on any atom is -0.481 e. The van der Waals surface area contributed by atoms with Crippen molar-refractivity contribution in [1.82, 2.24) is 9.88 Å². The number of aryl methyl sites for hydroxylation is 2. The fraction of sp³-hybridized carbons (Fsp3) is 0.278. The fourth-order valence-electron chi connectivity index (χ4n) is 2.33. The number of nitrogens with zero attached hydrogens (tertiary/aromatic N) is 2. The number of amides is 2. The number of anilines is 1. The molecule has 0 saturated carbocycles. The number of likely N-dealkylation sites (N-methyl/N-ethyl adjacent to an activating group) is 1. The highest BCUT2D eigenvalue weighted by atomic mass is 16.5. The summed E-state index contributed by atoms with van der Waals surface area (Å²) in [5, 5.41) is 2.87. The maximum atomic E-state index is 12.3. The van der Waals surface area contributed by atoms with Crippen molar-refractivity contribution in [1.29, 1.82) is 0 Å². The molecule has 2 aromatic rings. The second kappa shape index (κ2) is 7.59. The summed E-state index contributed by atoms with van der Waals surface area (Å²) in [4.78, 5) is 29.9. The van der Waals surface area contributed by atoms with E-state index >= 15 is 0 Å². The molecule has 1 N–H and O–H groups in total. The monoisotopic (exact) mass is 327 g/mol. The summed E-state index contributed by atoms with van der Waals surface area (Å²) in [6.45, 7) is 3.82. The molecule has 0 atom stereocenters. The van der Waals surface area contributed by atoms with E-state index in [0.717, 1.165) is 16.8 Å². The normalized spacial score (nSPS) is 10.2. The Morgan fingerprint density at radius 2 is 1.83 bits per heavy atom. The predicted octanol–water partition coefficient (Wildman–Crippen LogP) is 2.42. The van der Waals surface area contributed by atoms with Gasteiger partial charge in [-0.05, 0) is 31.0 Å². The number of carbonyl (C=O) groups is 2. The van der Waals surface area contributed by atoms with E-state index in [-0.39, 0.29) is 18.4 Å². The standard InChI is InChI=1S/C18H21N3O3/c1-12-6-5-7-13(2)17(12)20-15(22)11-21(3)18(23)14-8-9-16(24-4)19-10-14/h5-10H,11H2,1-4H3,(H,20,22). The average Bonchev–Trinajstić information content (AvgIpc) is 2.57. The van der Waals surface area contributed by atoms with Gasteiger partial charge in [-0.15, -0.1) is 0 Å². The number of pyridine rings is 1. The van der Waals surface area contributed by atoms with Crippen LogP contribution in [0.2, 0.25) is 0 Å². The minimum atomic E-state index is -0.276. The van der Waals surface area contributed by atoms with Gasteiger partial charge in [0.15, 0.2) is 0 Å². The molecule has 6 heteroatoms. The Bertz CT molecular complexity index is 721. The van der Waals surface area contributed by atoms with Crippen LogP contribution in [0.5, 0.6) is 5.88 Å². The zero-order chi connectivity index (χ0) is 17.7. The summed E-state index contributed by atoms with van der Waals surface area (Å²) in [6, 6.07) is 9.03. The average molecular weight is 327 g/mol. The first-order valence-electron chi connectivity index (χ1n) is 7.54. The highest BCUT2D eigenvalue weighted by Gasteiger charge is 2.16. The third-order valence-corrected chi connectivity index (χ3v) is 3.67. The summed E-state index contributed by atoms with van der Waals surface area (Å²) < 4.78 is 4.96. The van der Waals surface area contributed by atoms with Crippen molar-refractivity contribution in [2.45, 2.75) is 13.8 Å². The van der Waals surface area contributed by atoms with Crippen LogP contribution in [0.25, 0.3) is 0 Å². The number of nitrogens with one attached hydrogen (secondary N) is 1. The third kappa shape index (κ3) is 4.10. The first-order valence-corrected chi connectivity index (χ1v) is 7.54. The molecular formula is C18H21N3O3. The molecule has 0 saturated heterocycles. The van der Waals surface area contributed by atoms with Gasteiger partial charge in [0, 0.05) is 25.0 Å². The van der Waals surface area contributed by atoms with Crippen LogP contribution in [0.3, 0.4) is 0 Å². The number of methoxy groups -OCH3 is 1. The van der Waals surface area contributed by atoms with Crippen LogP contribution >= 0.6 is 0 Å². The molecule has 6 nitrogen and oxygen atoms in total. The second-order valence-electron chi connectivity index (χ2n) is 5.57. The lowest BCUT2D eigenvalue weighted by atomic mass is 10.1. The van der Waals surface area contributed by atoms with Crippen LogP contribution in [-0.4, -0.2) is 42.4 Å². The van der Waals surface area contributed by atoms with Gasteiger partial charge >= 0.3 is 0 Å².